The smallest absolute Gasteiger partial charge is 0.0540 e. The molecule has 0 bridgehead atoms. The lowest BCUT2D eigenvalue weighted by atomic mass is 9.82. The first-order chi connectivity index (χ1) is 24.0. The highest BCUT2D eigenvalue weighted by Gasteiger charge is 2.35. The van der Waals surface area contributed by atoms with Gasteiger partial charge in [-0.05, 0) is 115 Å². The zero-order valence-corrected chi connectivity index (χ0v) is 27.7. The molecular formula is C48H35N. The van der Waals surface area contributed by atoms with Gasteiger partial charge < -0.3 is 4.90 Å². The van der Waals surface area contributed by atoms with E-state index in [1.807, 2.05) is 0 Å². The van der Waals surface area contributed by atoms with Crippen molar-refractivity contribution >= 4 is 38.6 Å². The van der Waals surface area contributed by atoms with Gasteiger partial charge in [0.2, 0.25) is 0 Å². The molecule has 8 aromatic rings. The van der Waals surface area contributed by atoms with Crippen LogP contribution in [0.5, 0.6) is 0 Å². The molecular weight excluding hydrogens is 591 g/mol. The number of nitrogens with zero attached hydrogens (tertiary/aromatic N) is 1. The van der Waals surface area contributed by atoms with Crippen LogP contribution in [-0.2, 0) is 11.8 Å². The van der Waals surface area contributed by atoms with Gasteiger partial charge in [-0.25, -0.2) is 0 Å². The third kappa shape index (κ3) is 4.25. The first kappa shape index (κ1) is 28.1. The van der Waals surface area contributed by atoms with Crippen molar-refractivity contribution < 1.29 is 0 Å². The lowest BCUT2D eigenvalue weighted by Crippen LogP contribution is -2.16. The molecule has 2 aliphatic rings. The quantitative estimate of drug-likeness (QED) is 0.188. The first-order valence-corrected chi connectivity index (χ1v) is 17.3. The van der Waals surface area contributed by atoms with Gasteiger partial charge in [0.05, 0.1) is 5.69 Å². The average molecular weight is 626 g/mol. The monoisotopic (exact) mass is 625 g/mol. The lowest BCUT2D eigenvalue weighted by molar-refractivity contribution is 0.660. The van der Waals surface area contributed by atoms with Crippen LogP contribution in [0.15, 0.2) is 164 Å². The summed E-state index contributed by atoms with van der Waals surface area (Å²) in [6, 6.07) is 60.9. The van der Waals surface area contributed by atoms with E-state index in [0.717, 1.165) is 12.1 Å². The van der Waals surface area contributed by atoms with E-state index < -0.39 is 0 Å². The van der Waals surface area contributed by atoms with E-state index in [1.54, 1.807) is 0 Å². The second-order valence-electron chi connectivity index (χ2n) is 14.2. The van der Waals surface area contributed by atoms with E-state index in [-0.39, 0.29) is 5.41 Å². The molecule has 0 saturated heterocycles. The molecule has 0 N–H and O–H groups in total. The molecule has 0 radical (unpaired) electrons. The number of hydrogen-bond acceptors (Lipinski definition) is 1. The number of hydrogen-bond donors (Lipinski definition) is 0. The van der Waals surface area contributed by atoms with E-state index in [9.17, 15) is 0 Å². The zero-order chi connectivity index (χ0) is 32.7. The van der Waals surface area contributed by atoms with E-state index in [4.69, 9.17) is 0 Å². The molecule has 49 heavy (non-hydrogen) atoms. The summed E-state index contributed by atoms with van der Waals surface area (Å²) in [6.45, 7) is 4.71. The molecule has 0 amide bonds. The fourth-order valence-corrected chi connectivity index (χ4v) is 8.62. The van der Waals surface area contributed by atoms with Gasteiger partial charge in [0, 0.05) is 22.2 Å². The topological polar surface area (TPSA) is 3.24 Å². The number of fused-ring (bicyclic) bond motifs is 6. The van der Waals surface area contributed by atoms with E-state index in [1.165, 1.54) is 88.6 Å². The van der Waals surface area contributed by atoms with E-state index >= 15 is 0 Å². The minimum absolute atomic E-state index is 0.0759. The molecule has 0 spiro atoms. The molecule has 0 aromatic heterocycles. The molecule has 0 aliphatic heterocycles. The highest BCUT2D eigenvalue weighted by Crippen LogP contribution is 2.51. The summed E-state index contributed by atoms with van der Waals surface area (Å²) in [5.74, 6) is 0. The predicted molar refractivity (Wildman–Crippen MR) is 207 cm³/mol. The van der Waals surface area contributed by atoms with Gasteiger partial charge in [-0.2, -0.15) is 0 Å². The van der Waals surface area contributed by atoms with Crippen LogP contribution >= 0.6 is 0 Å². The third-order valence-corrected chi connectivity index (χ3v) is 11.1. The summed E-state index contributed by atoms with van der Waals surface area (Å²) in [5.41, 5.74) is 16.9. The van der Waals surface area contributed by atoms with Crippen molar-refractivity contribution in [2.24, 2.45) is 0 Å². The summed E-state index contributed by atoms with van der Waals surface area (Å²) in [4.78, 5) is 2.44. The van der Waals surface area contributed by atoms with Crippen molar-refractivity contribution in [3.63, 3.8) is 0 Å². The molecule has 1 nitrogen and oxygen atoms in total. The van der Waals surface area contributed by atoms with E-state index in [0.29, 0.717) is 0 Å². The third-order valence-electron chi connectivity index (χ3n) is 11.1. The zero-order valence-electron chi connectivity index (χ0n) is 27.7. The van der Waals surface area contributed by atoms with Gasteiger partial charge in [-0.3, -0.25) is 0 Å². The summed E-state index contributed by atoms with van der Waals surface area (Å²) in [5, 5.41) is 5.20. The number of benzene rings is 8. The predicted octanol–water partition coefficient (Wildman–Crippen LogP) is 13.0. The maximum absolute atomic E-state index is 2.44. The molecule has 0 atom stereocenters. The van der Waals surface area contributed by atoms with Gasteiger partial charge >= 0.3 is 0 Å². The molecule has 0 fully saturated rings. The van der Waals surface area contributed by atoms with Gasteiger partial charge in [0.15, 0.2) is 0 Å². The van der Waals surface area contributed by atoms with Crippen molar-refractivity contribution in [2.45, 2.75) is 25.7 Å². The Balaban J connectivity index is 1.10. The Hall–Kier alpha value is -5.92. The summed E-state index contributed by atoms with van der Waals surface area (Å²) in [6.07, 6.45) is 0.978. The Morgan fingerprint density at radius 2 is 1.12 bits per heavy atom. The van der Waals surface area contributed by atoms with Crippen LogP contribution in [0.25, 0.3) is 54.9 Å². The van der Waals surface area contributed by atoms with Crippen molar-refractivity contribution in [1.82, 2.24) is 0 Å². The SMILES string of the molecule is CC1(C)c2ccccc2-c2ccc(N(c3ccc(-c4ccc5c(c4)-c4cccc6cccc(c46)C5)cc3)c3cccc4ccccc34)cc21. The Morgan fingerprint density at radius 3 is 2.02 bits per heavy atom. The summed E-state index contributed by atoms with van der Waals surface area (Å²) >= 11 is 0. The van der Waals surface area contributed by atoms with Gasteiger partial charge in [-0.15, -0.1) is 0 Å². The highest BCUT2D eigenvalue weighted by atomic mass is 15.1. The number of anilines is 3. The van der Waals surface area contributed by atoms with Crippen LogP contribution in [-0.4, -0.2) is 0 Å². The summed E-state index contributed by atoms with van der Waals surface area (Å²) < 4.78 is 0. The molecule has 8 aromatic carbocycles. The molecule has 0 unspecified atom stereocenters. The molecule has 232 valence electrons. The van der Waals surface area contributed by atoms with Crippen LogP contribution in [0.3, 0.4) is 0 Å². The molecule has 1 heteroatoms. The molecule has 2 aliphatic carbocycles. The van der Waals surface area contributed by atoms with Crippen molar-refractivity contribution in [3.8, 4) is 33.4 Å². The van der Waals surface area contributed by atoms with Gasteiger partial charge in [-0.1, -0.05) is 141 Å². The van der Waals surface area contributed by atoms with Crippen molar-refractivity contribution in [3.05, 3.63) is 186 Å². The highest BCUT2D eigenvalue weighted by molar-refractivity contribution is 6.03. The number of rotatable bonds is 4. The maximum atomic E-state index is 2.44. The summed E-state index contributed by atoms with van der Waals surface area (Å²) in [7, 11) is 0. The average Bonchev–Trinajstić information content (AvgIpc) is 3.38. The Morgan fingerprint density at radius 1 is 0.449 bits per heavy atom. The van der Waals surface area contributed by atoms with E-state index in [2.05, 4.69) is 183 Å². The molecule has 0 saturated carbocycles. The standard InChI is InChI=1S/C48H35N/c1-48(2)44-18-6-5-16-40(44)41-27-26-38(30-45(41)48)49(46-19-9-11-32-10-3-4-15-39(32)46)37-24-22-31(23-25-37)34-20-21-35-28-36-14-7-12-33-13-8-17-42(47(33)36)43(35)29-34/h3-27,29-30H,28H2,1-2H3. The van der Waals surface area contributed by atoms with Gasteiger partial charge in [0.1, 0.15) is 0 Å². The second-order valence-corrected chi connectivity index (χ2v) is 14.2. The lowest BCUT2D eigenvalue weighted by Gasteiger charge is -2.29. The molecule has 10 rings (SSSR count). The Bertz CT molecular complexity index is 2600. The van der Waals surface area contributed by atoms with Crippen LogP contribution in [0.4, 0.5) is 17.1 Å². The molecule has 0 heterocycles. The van der Waals surface area contributed by atoms with Crippen LogP contribution < -0.4 is 4.90 Å². The minimum atomic E-state index is -0.0759. The first-order valence-electron chi connectivity index (χ1n) is 17.3. The van der Waals surface area contributed by atoms with Crippen LogP contribution in [0.2, 0.25) is 0 Å². The fourth-order valence-electron chi connectivity index (χ4n) is 8.62. The fraction of sp³-hybridized carbons (Fsp3) is 0.0833. The van der Waals surface area contributed by atoms with Crippen molar-refractivity contribution in [1.29, 1.82) is 0 Å². The van der Waals surface area contributed by atoms with Gasteiger partial charge in [0.25, 0.3) is 0 Å². The van der Waals surface area contributed by atoms with Crippen LogP contribution in [0.1, 0.15) is 36.1 Å². The second kappa shape index (κ2) is 10.5. The maximum Gasteiger partial charge on any atom is 0.0540 e. The normalized spacial score (nSPS) is 13.6. The largest absolute Gasteiger partial charge is 0.310 e. The van der Waals surface area contributed by atoms with Crippen LogP contribution in [0, 0.1) is 0 Å². The van der Waals surface area contributed by atoms with Crippen molar-refractivity contribution in [2.75, 3.05) is 4.90 Å². The minimum Gasteiger partial charge on any atom is -0.310 e. The Labute approximate surface area is 287 Å². The Kier molecular flexibility index (Phi) is 6.05.